The Morgan fingerprint density at radius 3 is 2.57 bits per heavy atom. The number of hydrogen-bond donors (Lipinski definition) is 1. The summed E-state index contributed by atoms with van der Waals surface area (Å²) in [4.78, 5) is 0. The van der Waals surface area contributed by atoms with E-state index in [-0.39, 0.29) is 0 Å². The van der Waals surface area contributed by atoms with Crippen molar-refractivity contribution in [1.82, 2.24) is 0 Å². The summed E-state index contributed by atoms with van der Waals surface area (Å²) in [5, 5.41) is 5.19. The van der Waals surface area contributed by atoms with Gasteiger partial charge in [-0.1, -0.05) is 0 Å². The number of nitrogens with two attached hydrogens (primary N) is 1. The average Bonchev–Trinajstić information content (AvgIpc) is 1.69. The molecule has 1 aromatic rings. The molecular weight excluding hydrogens is 90.1 g/mol. The van der Waals surface area contributed by atoms with Crippen LogP contribution in [0, 0.1) is 0 Å². The van der Waals surface area contributed by atoms with Gasteiger partial charge in [-0.05, 0) is 12.1 Å². The van der Waals surface area contributed by atoms with Gasteiger partial charge in [0.2, 0.25) is 0 Å². The highest BCUT2D eigenvalue weighted by molar-refractivity contribution is 4.83. The largest absolute Gasteiger partial charge is 0.414 e. The van der Waals surface area contributed by atoms with Gasteiger partial charge in [0.15, 0.2) is 0 Å². The van der Waals surface area contributed by atoms with Crippen molar-refractivity contribution in [1.29, 1.82) is 0 Å². The Bertz CT molecular complexity index is 174. The van der Waals surface area contributed by atoms with Crippen LogP contribution in [0.1, 0.15) is 0 Å². The summed E-state index contributed by atoms with van der Waals surface area (Å²) in [5.41, 5.74) is 0.447. The third kappa shape index (κ3) is 0.892. The molecule has 0 saturated carbocycles. The van der Waals surface area contributed by atoms with Crippen molar-refractivity contribution in [3.05, 3.63) is 30.0 Å². The van der Waals surface area contributed by atoms with Gasteiger partial charge < -0.3 is 4.42 Å². The van der Waals surface area contributed by atoms with Gasteiger partial charge in [0.1, 0.15) is 0 Å². The minimum atomic E-state index is 0.447. The van der Waals surface area contributed by atoms with E-state index in [1.54, 1.807) is 12.1 Å². The number of hydrogen-bond acceptors (Lipinski definition) is 1. The van der Waals surface area contributed by atoms with Gasteiger partial charge in [-0.2, -0.15) is 0 Å². The molecule has 7 heavy (non-hydrogen) atoms. The van der Waals surface area contributed by atoms with Gasteiger partial charge in [0.25, 0.3) is 0 Å². The van der Waals surface area contributed by atoms with E-state index < -0.39 is 0 Å². The van der Waals surface area contributed by atoms with E-state index in [2.05, 4.69) is 0 Å². The maximum absolute atomic E-state index is 5.19. The molecule has 0 radical (unpaired) electrons. The first-order valence-corrected chi connectivity index (χ1v) is 2.02. The highest BCUT2D eigenvalue weighted by Gasteiger charge is 1.74. The lowest BCUT2D eigenvalue weighted by atomic mass is 10.5. The summed E-state index contributed by atoms with van der Waals surface area (Å²) in [7, 11) is 0. The van der Waals surface area contributed by atoms with E-state index in [4.69, 9.17) is 9.83 Å². The lowest BCUT2D eigenvalue weighted by Gasteiger charge is -1.70. The van der Waals surface area contributed by atoms with Crippen molar-refractivity contribution in [2.45, 2.75) is 0 Å². The molecule has 0 amide bonds. The van der Waals surface area contributed by atoms with Crippen LogP contribution >= 0.6 is 0 Å². The molecule has 0 spiro atoms. The van der Waals surface area contributed by atoms with Crippen LogP contribution in [0.15, 0.2) is 28.9 Å². The van der Waals surface area contributed by atoms with Gasteiger partial charge in [0, 0.05) is 0 Å². The Hall–Kier alpha value is -1.05. The Labute approximate surface area is 40.9 Å². The topological polar surface area (TPSA) is 38.7 Å². The Kier molecular flexibility index (Phi) is 0.941. The van der Waals surface area contributed by atoms with Gasteiger partial charge in [-0.3, -0.25) is 0 Å². The SMILES string of the molecule is [NH2+]=c1cccco1. The van der Waals surface area contributed by atoms with Crippen molar-refractivity contribution >= 4 is 0 Å². The number of rotatable bonds is 0. The van der Waals surface area contributed by atoms with E-state index in [0.717, 1.165) is 0 Å². The second-order valence-electron chi connectivity index (χ2n) is 1.21. The third-order valence-corrected chi connectivity index (χ3v) is 0.654. The van der Waals surface area contributed by atoms with Crippen molar-refractivity contribution < 1.29 is 9.83 Å². The predicted octanol–water partition coefficient (Wildman–Crippen LogP) is -1.06. The van der Waals surface area contributed by atoms with Crippen molar-refractivity contribution in [2.24, 2.45) is 0 Å². The molecule has 0 atom stereocenters. The molecule has 0 aliphatic carbocycles. The van der Waals surface area contributed by atoms with Crippen LogP contribution in [0.2, 0.25) is 0 Å². The van der Waals surface area contributed by atoms with Gasteiger partial charge in [0.05, 0.1) is 12.3 Å². The molecule has 2 nitrogen and oxygen atoms in total. The summed E-state index contributed by atoms with van der Waals surface area (Å²) in [6, 6.07) is 5.29. The molecular formula is C5H6NO+. The molecule has 2 N–H and O–H groups in total. The molecule has 2 heteroatoms. The van der Waals surface area contributed by atoms with Crippen LogP contribution in [0.25, 0.3) is 0 Å². The first-order chi connectivity index (χ1) is 3.39. The molecule has 0 aromatic carbocycles. The maximum Gasteiger partial charge on any atom is 0.363 e. The zero-order valence-corrected chi connectivity index (χ0v) is 3.79. The van der Waals surface area contributed by atoms with Gasteiger partial charge >= 0.3 is 5.55 Å². The summed E-state index contributed by atoms with van der Waals surface area (Å²) in [5.74, 6) is 0. The quantitative estimate of drug-likeness (QED) is 0.439. The van der Waals surface area contributed by atoms with Crippen LogP contribution in [-0.2, 0) is 0 Å². The fourth-order valence-electron chi connectivity index (χ4n) is 0.353. The zero-order valence-electron chi connectivity index (χ0n) is 3.79. The monoisotopic (exact) mass is 96.0 g/mol. The summed E-state index contributed by atoms with van der Waals surface area (Å²) < 4.78 is 4.70. The van der Waals surface area contributed by atoms with Crippen molar-refractivity contribution in [3.63, 3.8) is 0 Å². The average molecular weight is 96.1 g/mol. The molecule has 1 rings (SSSR count). The fourth-order valence-corrected chi connectivity index (χ4v) is 0.353. The zero-order chi connectivity index (χ0) is 5.11. The molecule has 0 bridgehead atoms. The molecule has 1 aromatic heterocycles. The third-order valence-electron chi connectivity index (χ3n) is 0.654. The minimum absolute atomic E-state index is 0.447. The lowest BCUT2D eigenvalue weighted by molar-refractivity contribution is -0.198. The molecule has 36 valence electrons. The van der Waals surface area contributed by atoms with E-state index in [9.17, 15) is 0 Å². The smallest absolute Gasteiger partial charge is 0.363 e. The van der Waals surface area contributed by atoms with E-state index in [0.29, 0.717) is 5.55 Å². The second-order valence-corrected chi connectivity index (χ2v) is 1.21. The van der Waals surface area contributed by atoms with Crippen molar-refractivity contribution in [2.75, 3.05) is 0 Å². The van der Waals surface area contributed by atoms with E-state index in [1.165, 1.54) is 6.26 Å². The lowest BCUT2D eigenvalue weighted by Crippen LogP contribution is -2.43. The molecule has 1 heterocycles. The van der Waals surface area contributed by atoms with E-state index in [1.807, 2.05) is 6.07 Å². The summed E-state index contributed by atoms with van der Waals surface area (Å²) >= 11 is 0. The molecule has 0 unspecified atom stereocenters. The van der Waals surface area contributed by atoms with Crippen LogP contribution in [0.5, 0.6) is 0 Å². The Morgan fingerprint density at radius 2 is 2.29 bits per heavy atom. The highest BCUT2D eigenvalue weighted by Crippen LogP contribution is 1.70. The molecule has 0 aliphatic rings. The van der Waals surface area contributed by atoms with Crippen LogP contribution in [0.3, 0.4) is 0 Å². The first-order valence-electron chi connectivity index (χ1n) is 2.02. The van der Waals surface area contributed by atoms with E-state index >= 15 is 0 Å². The van der Waals surface area contributed by atoms with Crippen LogP contribution < -0.4 is 11.0 Å². The Morgan fingerprint density at radius 1 is 1.43 bits per heavy atom. The predicted molar refractivity (Wildman–Crippen MR) is 23.8 cm³/mol. The van der Waals surface area contributed by atoms with Crippen LogP contribution in [-0.4, -0.2) is 0 Å². The fraction of sp³-hybridized carbons (Fsp3) is 0. The molecule has 0 saturated heterocycles. The summed E-state index contributed by atoms with van der Waals surface area (Å²) in [6.45, 7) is 0. The van der Waals surface area contributed by atoms with Crippen LogP contribution in [0.4, 0.5) is 0 Å². The molecule has 0 fully saturated rings. The van der Waals surface area contributed by atoms with Gasteiger partial charge in [-0.15, -0.1) is 0 Å². The maximum atomic E-state index is 5.19. The highest BCUT2D eigenvalue weighted by atomic mass is 16.3. The Balaban J connectivity index is 3.28. The summed E-state index contributed by atoms with van der Waals surface area (Å²) in [6.07, 6.45) is 1.54. The normalized spacial score (nSPS) is 8.57. The van der Waals surface area contributed by atoms with Gasteiger partial charge in [-0.25, -0.2) is 5.41 Å². The first kappa shape index (κ1) is 4.12. The molecule has 0 aliphatic heterocycles. The minimum Gasteiger partial charge on any atom is -0.414 e. The second kappa shape index (κ2) is 1.60. The standard InChI is InChI=1S/C5H5NO/c6-5-3-1-2-4-7-5/h1-4,6H/p+1. The van der Waals surface area contributed by atoms with Crippen molar-refractivity contribution in [3.8, 4) is 0 Å².